The van der Waals surface area contributed by atoms with Crippen LogP contribution < -0.4 is 20.1 Å². The minimum Gasteiger partial charge on any atom is -0.495 e. The molecule has 0 saturated carbocycles. The average Bonchev–Trinajstić information content (AvgIpc) is 2.52. The van der Waals surface area contributed by atoms with E-state index in [1.165, 1.54) is 33.5 Å². The highest BCUT2D eigenvalue weighted by Gasteiger charge is 2.12. The first-order valence-electron chi connectivity index (χ1n) is 7.58. The van der Waals surface area contributed by atoms with Crippen molar-refractivity contribution >= 4 is 23.3 Å². The van der Waals surface area contributed by atoms with Gasteiger partial charge in [0.05, 0.1) is 24.9 Å². The van der Waals surface area contributed by atoms with Crippen molar-refractivity contribution in [2.75, 3.05) is 26.1 Å². The zero-order valence-electron chi connectivity index (χ0n) is 13.5. The molecule has 1 rings (SSSR count). The molecule has 0 unspecified atom stereocenters. The van der Waals surface area contributed by atoms with Crippen molar-refractivity contribution in [3.63, 3.8) is 0 Å². The second kappa shape index (κ2) is 10.2. The second-order valence-electron chi connectivity index (χ2n) is 4.98. The Kier molecular flexibility index (Phi) is 8.51. The number of benzene rings is 1. The van der Waals surface area contributed by atoms with Crippen molar-refractivity contribution in [3.8, 4) is 11.5 Å². The van der Waals surface area contributed by atoms with Gasteiger partial charge in [0.2, 0.25) is 0 Å². The highest BCUT2D eigenvalue weighted by atomic mass is 35.5. The molecule has 0 aromatic heterocycles. The normalized spacial score (nSPS) is 10.2. The third-order valence-corrected chi connectivity index (χ3v) is 3.58. The highest BCUT2D eigenvalue weighted by Crippen LogP contribution is 2.35. The average molecular weight is 329 g/mol. The number of carbonyl (C=O) groups excluding carboxylic acids is 1. The number of anilines is 1. The molecule has 0 saturated heterocycles. The minimum atomic E-state index is -0.266. The van der Waals surface area contributed by atoms with E-state index in [9.17, 15) is 4.79 Å². The van der Waals surface area contributed by atoms with Crippen LogP contribution in [0.2, 0.25) is 5.02 Å². The van der Waals surface area contributed by atoms with Gasteiger partial charge in [-0.05, 0) is 6.42 Å². The van der Waals surface area contributed by atoms with E-state index in [-0.39, 0.29) is 6.03 Å². The van der Waals surface area contributed by atoms with Gasteiger partial charge in [-0.2, -0.15) is 0 Å². The molecular weight excluding hydrogens is 304 g/mol. The third kappa shape index (κ3) is 6.02. The number of ether oxygens (including phenoxy) is 2. The van der Waals surface area contributed by atoms with Crippen LogP contribution in [-0.4, -0.2) is 26.8 Å². The lowest BCUT2D eigenvalue weighted by molar-refractivity contribution is 0.251. The fourth-order valence-corrected chi connectivity index (χ4v) is 2.29. The Hall–Kier alpha value is -1.62. The molecular formula is C16H25ClN2O3. The molecule has 0 fully saturated rings. The number of urea groups is 1. The zero-order valence-corrected chi connectivity index (χ0v) is 14.3. The van der Waals surface area contributed by atoms with Crippen molar-refractivity contribution in [2.45, 2.75) is 39.0 Å². The smallest absolute Gasteiger partial charge is 0.319 e. The molecule has 0 aliphatic heterocycles. The first-order chi connectivity index (χ1) is 10.6. The maximum atomic E-state index is 11.9. The summed E-state index contributed by atoms with van der Waals surface area (Å²) in [7, 11) is 3.04. The van der Waals surface area contributed by atoms with Gasteiger partial charge < -0.3 is 20.1 Å². The Labute approximate surface area is 137 Å². The number of carbonyl (C=O) groups is 1. The molecule has 5 nitrogen and oxygen atoms in total. The monoisotopic (exact) mass is 328 g/mol. The van der Waals surface area contributed by atoms with Crippen LogP contribution in [0.15, 0.2) is 12.1 Å². The summed E-state index contributed by atoms with van der Waals surface area (Å²) in [6.45, 7) is 2.84. The summed E-state index contributed by atoms with van der Waals surface area (Å²) in [4.78, 5) is 11.9. The molecule has 0 atom stereocenters. The van der Waals surface area contributed by atoms with E-state index in [1.54, 1.807) is 12.1 Å². The Morgan fingerprint density at radius 2 is 1.77 bits per heavy atom. The van der Waals surface area contributed by atoms with E-state index in [2.05, 4.69) is 17.6 Å². The Morgan fingerprint density at radius 3 is 2.41 bits per heavy atom. The lowest BCUT2D eigenvalue weighted by atomic mass is 10.1. The van der Waals surface area contributed by atoms with Gasteiger partial charge in [0.15, 0.2) is 0 Å². The number of hydrogen-bond acceptors (Lipinski definition) is 3. The molecule has 1 aromatic rings. The predicted molar refractivity (Wildman–Crippen MR) is 90.3 cm³/mol. The molecule has 2 N–H and O–H groups in total. The molecule has 0 radical (unpaired) electrons. The van der Waals surface area contributed by atoms with Gasteiger partial charge in [0.1, 0.15) is 11.5 Å². The molecule has 0 spiro atoms. The molecule has 0 aliphatic carbocycles. The van der Waals surface area contributed by atoms with Crippen molar-refractivity contribution in [3.05, 3.63) is 17.2 Å². The lowest BCUT2D eigenvalue weighted by Gasteiger charge is -2.13. The zero-order chi connectivity index (χ0) is 16.4. The maximum absolute atomic E-state index is 11.9. The molecule has 2 amide bonds. The molecule has 0 bridgehead atoms. The van der Waals surface area contributed by atoms with Crippen molar-refractivity contribution in [2.24, 2.45) is 0 Å². The summed E-state index contributed by atoms with van der Waals surface area (Å²) in [5.41, 5.74) is 0.521. The van der Waals surface area contributed by atoms with Crippen molar-refractivity contribution in [1.29, 1.82) is 0 Å². The third-order valence-electron chi connectivity index (χ3n) is 3.29. The number of nitrogens with one attached hydrogen (secondary N) is 2. The molecule has 6 heteroatoms. The van der Waals surface area contributed by atoms with Crippen LogP contribution in [-0.2, 0) is 0 Å². The Morgan fingerprint density at radius 1 is 1.09 bits per heavy atom. The summed E-state index contributed by atoms with van der Waals surface area (Å²) in [5.74, 6) is 0.973. The number of methoxy groups -OCH3 is 2. The number of amides is 2. The SMILES string of the molecule is CCCCCCCNC(=O)Nc1cc(OC)c(Cl)cc1OC. The molecule has 124 valence electrons. The molecule has 1 aromatic carbocycles. The van der Waals surface area contributed by atoms with Gasteiger partial charge in [-0.15, -0.1) is 0 Å². The van der Waals surface area contributed by atoms with Crippen LogP contribution in [0.25, 0.3) is 0 Å². The Bertz CT molecular complexity index is 481. The van der Waals surface area contributed by atoms with E-state index in [0.717, 1.165) is 12.8 Å². The first-order valence-corrected chi connectivity index (χ1v) is 7.96. The van der Waals surface area contributed by atoms with E-state index in [1.807, 2.05) is 0 Å². The first kappa shape index (κ1) is 18.4. The van der Waals surface area contributed by atoms with E-state index in [0.29, 0.717) is 28.8 Å². The van der Waals surface area contributed by atoms with Gasteiger partial charge in [0.25, 0.3) is 0 Å². The maximum Gasteiger partial charge on any atom is 0.319 e. The topological polar surface area (TPSA) is 59.6 Å². The summed E-state index contributed by atoms with van der Waals surface area (Å²) in [6.07, 6.45) is 5.78. The minimum absolute atomic E-state index is 0.266. The van der Waals surface area contributed by atoms with Gasteiger partial charge in [0, 0.05) is 18.7 Å². The van der Waals surface area contributed by atoms with Crippen LogP contribution in [0.3, 0.4) is 0 Å². The molecule has 0 aliphatic rings. The molecule has 22 heavy (non-hydrogen) atoms. The largest absolute Gasteiger partial charge is 0.495 e. The van der Waals surface area contributed by atoms with Crippen LogP contribution in [0, 0.1) is 0 Å². The molecule has 0 heterocycles. The van der Waals surface area contributed by atoms with E-state index in [4.69, 9.17) is 21.1 Å². The summed E-state index contributed by atoms with van der Waals surface area (Å²) < 4.78 is 10.4. The number of halogens is 1. The second-order valence-corrected chi connectivity index (χ2v) is 5.39. The van der Waals surface area contributed by atoms with Crippen molar-refractivity contribution in [1.82, 2.24) is 5.32 Å². The van der Waals surface area contributed by atoms with Crippen LogP contribution in [0.4, 0.5) is 10.5 Å². The summed E-state index contributed by atoms with van der Waals surface area (Å²) in [5, 5.41) is 6.02. The van der Waals surface area contributed by atoms with Crippen molar-refractivity contribution < 1.29 is 14.3 Å². The number of unbranched alkanes of at least 4 members (excludes halogenated alkanes) is 4. The standard InChI is InChI=1S/C16H25ClN2O3/c1-4-5-6-7-8-9-18-16(20)19-13-11-14(21-2)12(17)10-15(13)22-3/h10-11H,4-9H2,1-3H3,(H2,18,19,20). The predicted octanol–water partition coefficient (Wildman–Crippen LogP) is 4.45. The quantitative estimate of drug-likeness (QED) is 0.658. The van der Waals surface area contributed by atoms with Gasteiger partial charge in [-0.3, -0.25) is 0 Å². The Balaban J connectivity index is 2.49. The lowest BCUT2D eigenvalue weighted by Crippen LogP contribution is -2.29. The highest BCUT2D eigenvalue weighted by molar-refractivity contribution is 6.32. The van der Waals surface area contributed by atoms with Gasteiger partial charge in [-0.25, -0.2) is 4.79 Å². The van der Waals surface area contributed by atoms with E-state index >= 15 is 0 Å². The van der Waals surface area contributed by atoms with E-state index < -0.39 is 0 Å². The number of hydrogen-bond donors (Lipinski definition) is 2. The summed E-state index contributed by atoms with van der Waals surface area (Å²) in [6, 6.07) is 2.99. The van der Waals surface area contributed by atoms with Gasteiger partial charge in [-0.1, -0.05) is 44.2 Å². The van der Waals surface area contributed by atoms with Crippen LogP contribution >= 0.6 is 11.6 Å². The van der Waals surface area contributed by atoms with Crippen LogP contribution in [0.1, 0.15) is 39.0 Å². The summed E-state index contributed by atoms with van der Waals surface area (Å²) >= 11 is 6.03. The number of rotatable bonds is 9. The fraction of sp³-hybridized carbons (Fsp3) is 0.562. The van der Waals surface area contributed by atoms with Crippen LogP contribution in [0.5, 0.6) is 11.5 Å². The van der Waals surface area contributed by atoms with Gasteiger partial charge >= 0.3 is 6.03 Å². The fourth-order valence-electron chi connectivity index (χ4n) is 2.06.